The molecule has 4 nitrogen and oxygen atoms in total. The number of carbonyl (C=O) groups is 2. The first-order valence-corrected chi connectivity index (χ1v) is 9.34. The summed E-state index contributed by atoms with van der Waals surface area (Å²) in [6.07, 6.45) is 0.957. The number of rotatable bonds is 5. The first kappa shape index (κ1) is 19.0. The Bertz CT molecular complexity index is 827. The zero-order chi connectivity index (χ0) is 18.7. The topological polar surface area (TPSA) is 49.4 Å². The summed E-state index contributed by atoms with van der Waals surface area (Å²) in [5.41, 5.74) is 1.55. The van der Waals surface area contributed by atoms with Crippen molar-refractivity contribution in [2.45, 2.75) is 12.8 Å². The second kappa shape index (κ2) is 8.30. The van der Waals surface area contributed by atoms with Crippen molar-refractivity contribution in [1.29, 1.82) is 0 Å². The third-order valence-corrected chi connectivity index (χ3v) is 5.40. The van der Waals surface area contributed by atoms with E-state index >= 15 is 0 Å². The van der Waals surface area contributed by atoms with Gasteiger partial charge in [0.2, 0.25) is 11.8 Å². The van der Waals surface area contributed by atoms with Crippen LogP contribution in [0.5, 0.6) is 0 Å². The van der Waals surface area contributed by atoms with Gasteiger partial charge < -0.3 is 10.2 Å². The van der Waals surface area contributed by atoms with Crippen LogP contribution in [0.15, 0.2) is 42.5 Å². The molecule has 1 heterocycles. The number of hydrogen-bond donors (Lipinski definition) is 1. The number of anilines is 1. The van der Waals surface area contributed by atoms with Crippen molar-refractivity contribution in [3.63, 3.8) is 0 Å². The zero-order valence-electron chi connectivity index (χ0n) is 13.8. The monoisotopic (exact) mass is 410 g/mol. The molecule has 26 heavy (non-hydrogen) atoms. The summed E-state index contributed by atoms with van der Waals surface area (Å²) in [4.78, 5) is 26.4. The number of nitrogens with zero attached hydrogens (tertiary/aromatic N) is 1. The highest BCUT2D eigenvalue weighted by Gasteiger charge is 2.34. The van der Waals surface area contributed by atoms with Crippen molar-refractivity contribution in [3.05, 3.63) is 63.1 Å². The van der Waals surface area contributed by atoms with Crippen LogP contribution in [0.4, 0.5) is 5.69 Å². The van der Waals surface area contributed by atoms with Gasteiger partial charge in [0.15, 0.2) is 0 Å². The molecule has 1 fully saturated rings. The highest BCUT2D eigenvalue weighted by atomic mass is 35.5. The highest BCUT2D eigenvalue weighted by Crippen LogP contribution is 2.33. The van der Waals surface area contributed by atoms with Gasteiger partial charge >= 0.3 is 0 Å². The standard InChI is InChI=1S/C19H17Cl3N2O2/c20-14-9-16(22)17(10-15(14)21)23-19(26)13-8-18(25)24(11-13)7-6-12-4-2-1-3-5-12/h1-5,9-10,13H,6-8,11H2,(H,23,26). The number of halogens is 3. The molecule has 0 spiro atoms. The minimum Gasteiger partial charge on any atom is -0.342 e. The molecule has 2 aromatic carbocycles. The number of nitrogens with one attached hydrogen (secondary N) is 1. The summed E-state index contributed by atoms with van der Waals surface area (Å²) < 4.78 is 0. The van der Waals surface area contributed by atoms with Gasteiger partial charge in [-0.15, -0.1) is 0 Å². The van der Waals surface area contributed by atoms with Crippen LogP contribution in [0.3, 0.4) is 0 Å². The fourth-order valence-corrected chi connectivity index (χ4v) is 3.52. The van der Waals surface area contributed by atoms with E-state index in [1.807, 2.05) is 30.3 Å². The fourth-order valence-electron chi connectivity index (χ4n) is 2.93. The summed E-state index contributed by atoms with van der Waals surface area (Å²) in [5.74, 6) is -0.675. The Morgan fingerprint density at radius 3 is 2.50 bits per heavy atom. The van der Waals surface area contributed by atoms with Crippen LogP contribution in [0, 0.1) is 5.92 Å². The smallest absolute Gasteiger partial charge is 0.229 e. The summed E-state index contributed by atoms with van der Waals surface area (Å²) in [7, 11) is 0. The number of likely N-dealkylation sites (tertiary alicyclic amines) is 1. The molecule has 136 valence electrons. The van der Waals surface area contributed by atoms with Gasteiger partial charge in [0, 0.05) is 19.5 Å². The van der Waals surface area contributed by atoms with Crippen LogP contribution in [0.25, 0.3) is 0 Å². The van der Waals surface area contributed by atoms with Gasteiger partial charge in [-0.25, -0.2) is 0 Å². The largest absolute Gasteiger partial charge is 0.342 e. The van der Waals surface area contributed by atoms with E-state index in [2.05, 4.69) is 5.32 Å². The van der Waals surface area contributed by atoms with E-state index in [0.29, 0.717) is 33.8 Å². The molecule has 2 aromatic rings. The average Bonchev–Trinajstić information content (AvgIpc) is 3.00. The molecule has 0 aromatic heterocycles. The Kier molecular flexibility index (Phi) is 6.07. The van der Waals surface area contributed by atoms with Crippen molar-refractivity contribution in [2.24, 2.45) is 5.92 Å². The second-order valence-electron chi connectivity index (χ2n) is 6.21. The van der Waals surface area contributed by atoms with Crippen LogP contribution in [0.2, 0.25) is 15.1 Å². The maximum atomic E-state index is 12.5. The van der Waals surface area contributed by atoms with Crippen LogP contribution >= 0.6 is 34.8 Å². The van der Waals surface area contributed by atoms with E-state index in [9.17, 15) is 9.59 Å². The Morgan fingerprint density at radius 2 is 1.77 bits per heavy atom. The molecule has 0 radical (unpaired) electrons. The minimum atomic E-state index is -0.413. The van der Waals surface area contributed by atoms with Gasteiger partial charge in [0.25, 0.3) is 0 Å². The van der Waals surface area contributed by atoms with Crippen LogP contribution in [-0.4, -0.2) is 29.8 Å². The van der Waals surface area contributed by atoms with E-state index < -0.39 is 5.92 Å². The lowest BCUT2D eigenvalue weighted by atomic mass is 10.1. The van der Waals surface area contributed by atoms with Crippen molar-refractivity contribution in [3.8, 4) is 0 Å². The molecule has 1 atom stereocenters. The van der Waals surface area contributed by atoms with E-state index in [1.165, 1.54) is 12.1 Å². The number of amides is 2. The molecule has 1 N–H and O–H groups in total. The van der Waals surface area contributed by atoms with Crippen molar-refractivity contribution >= 4 is 52.3 Å². The summed E-state index contributed by atoms with van der Waals surface area (Å²) >= 11 is 18.0. The molecule has 1 unspecified atom stereocenters. The lowest BCUT2D eigenvalue weighted by Crippen LogP contribution is -2.30. The predicted octanol–water partition coefficient (Wildman–Crippen LogP) is 4.68. The van der Waals surface area contributed by atoms with Gasteiger partial charge in [0.1, 0.15) is 0 Å². The van der Waals surface area contributed by atoms with E-state index in [1.54, 1.807) is 4.90 Å². The predicted molar refractivity (Wildman–Crippen MR) is 105 cm³/mol. The van der Waals surface area contributed by atoms with Gasteiger partial charge in [-0.2, -0.15) is 0 Å². The lowest BCUT2D eigenvalue weighted by molar-refractivity contribution is -0.128. The Morgan fingerprint density at radius 1 is 1.08 bits per heavy atom. The van der Waals surface area contributed by atoms with Crippen LogP contribution in [-0.2, 0) is 16.0 Å². The number of carbonyl (C=O) groups excluding carboxylic acids is 2. The first-order valence-electron chi connectivity index (χ1n) is 8.21. The maximum Gasteiger partial charge on any atom is 0.229 e. The number of hydrogen-bond acceptors (Lipinski definition) is 2. The Hall–Kier alpha value is -1.75. The first-order chi connectivity index (χ1) is 12.4. The molecular formula is C19H17Cl3N2O2. The SMILES string of the molecule is O=C(Nc1cc(Cl)c(Cl)cc1Cl)C1CC(=O)N(CCc2ccccc2)C1. The highest BCUT2D eigenvalue weighted by molar-refractivity contribution is 6.44. The Balaban J connectivity index is 1.59. The Labute approximate surface area is 167 Å². The molecule has 0 aliphatic carbocycles. The van der Waals surface area contributed by atoms with Gasteiger partial charge in [0.05, 0.1) is 26.7 Å². The summed E-state index contributed by atoms with van der Waals surface area (Å²) in [6, 6.07) is 12.9. The molecule has 1 saturated heterocycles. The zero-order valence-corrected chi connectivity index (χ0v) is 16.1. The molecule has 7 heteroatoms. The molecule has 2 amide bonds. The molecule has 3 rings (SSSR count). The van der Waals surface area contributed by atoms with Crippen molar-refractivity contribution in [1.82, 2.24) is 4.90 Å². The molecule has 1 aliphatic rings. The van der Waals surface area contributed by atoms with E-state index in [0.717, 1.165) is 12.0 Å². The summed E-state index contributed by atoms with van der Waals surface area (Å²) in [5, 5.41) is 3.67. The molecule has 0 bridgehead atoms. The van der Waals surface area contributed by atoms with E-state index in [4.69, 9.17) is 34.8 Å². The summed E-state index contributed by atoms with van der Waals surface area (Å²) in [6.45, 7) is 0.997. The third-order valence-electron chi connectivity index (χ3n) is 4.37. The lowest BCUT2D eigenvalue weighted by Gasteiger charge is -2.17. The molecular weight excluding hydrogens is 395 g/mol. The second-order valence-corrected chi connectivity index (χ2v) is 7.43. The number of benzene rings is 2. The van der Waals surface area contributed by atoms with Crippen LogP contribution < -0.4 is 5.32 Å². The van der Waals surface area contributed by atoms with Gasteiger partial charge in [-0.3, -0.25) is 9.59 Å². The third kappa shape index (κ3) is 4.50. The van der Waals surface area contributed by atoms with Gasteiger partial charge in [-0.05, 0) is 24.1 Å². The van der Waals surface area contributed by atoms with E-state index in [-0.39, 0.29) is 18.2 Å². The van der Waals surface area contributed by atoms with Crippen LogP contribution in [0.1, 0.15) is 12.0 Å². The fraction of sp³-hybridized carbons (Fsp3) is 0.263. The molecule has 1 aliphatic heterocycles. The quantitative estimate of drug-likeness (QED) is 0.726. The average molecular weight is 412 g/mol. The van der Waals surface area contributed by atoms with Gasteiger partial charge in [-0.1, -0.05) is 65.1 Å². The normalized spacial score (nSPS) is 16.8. The maximum absolute atomic E-state index is 12.5. The van der Waals surface area contributed by atoms with Crippen molar-refractivity contribution < 1.29 is 9.59 Å². The molecule has 0 saturated carbocycles. The van der Waals surface area contributed by atoms with Crippen molar-refractivity contribution in [2.75, 3.05) is 18.4 Å². The minimum absolute atomic E-state index is 0.0127.